The number of Topliss-reactive ketones (excluding diaryl/α,β-unsaturated/α-hetero) is 1. The van der Waals surface area contributed by atoms with Crippen LogP contribution in [0.4, 0.5) is 5.69 Å². The lowest BCUT2D eigenvalue weighted by atomic mass is 10.0. The molecular weight excluding hydrogens is 294 g/mol. The number of rotatable bonds is 7. The van der Waals surface area contributed by atoms with E-state index in [0.717, 1.165) is 0 Å². The second kappa shape index (κ2) is 9.06. The summed E-state index contributed by atoms with van der Waals surface area (Å²) in [6.45, 7) is 7.93. The fraction of sp³-hybridized carbons (Fsp3) is 0.500. The average Bonchev–Trinajstić information content (AvgIpc) is 2.48. The van der Waals surface area contributed by atoms with Gasteiger partial charge >= 0.3 is 0 Å². The second-order valence-corrected chi connectivity index (χ2v) is 5.90. The van der Waals surface area contributed by atoms with Gasteiger partial charge in [-0.15, -0.1) is 0 Å². The van der Waals surface area contributed by atoms with Crippen molar-refractivity contribution in [3.05, 3.63) is 39.4 Å². The Hall–Kier alpha value is -2.19. The van der Waals surface area contributed by atoms with Crippen molar-refractivity contribution in [3.63, 3.8) is 0 Å². The molecule has 0 fully saturated rings. The number of hydrogen-bond acceptors (Lipinski definition) is 4. The molecule has 5 heteroatoms. The molecule has 5 nitrogen and oxygen atoms in total. The lowest BCUT2D eigenvalue weighted by molar-refractivity contribution is -0.386. The van der Waals surface area contributed by atoms with E-state index < -0.39 is 4.92 Å². The van der Waals surface area contributed by atoms with Crippen LogP contribution in [0.1, 0.15) is 57.8 Å². The maximum Gasteiger partial charge on any atom is 0.276 e. The van der Waals surface area contributed by atoms with Gasteiger partial charge in [-0.1, -0.05) is 25.7 Å². The second-order valence-electron chi connectivity index (χ2n) is 5.90. The van der Waals surface area contributed by atoms with Crippen molar-refractivity contribution in [2.24, 2.45) is 5.92 Å². The first-order valence-electron chi connectivity index (χ1n) is 7.69. The summed E-state index contributed by atoms with van der Waals surface area (Å²) in [4.78, 5) is 21.7. The number of ether oxygens (including phenoxy) is 1. The summed E-state index contributed by atoms with van der Waals surface area (Å²) in [6, 6.07) is 4.90. The maximum absolute atomic E-state index is 11.3. The van der Waals surface area contributed by atoms with Gasteiger partial charge in [0.15, 0.2) is 0 Å². The fourth-order valence-electron chi connectivity index (χ4n) is 1.95. The van der Waals surface area contributed by atoms with E-state index in [1.54, 1.807) is 12.1 Å². The van der Waals surface area contributed by atoms with Crippen LogP contribution in [0.25, 0.3) is 0 Å². The minimum absolute atomic E-state index is 0.0135. The number of nitro groups is 1. The molecule has 1 aromatic rings. The maximum atomic E-state index is 11.3. The molecule has 0 aromatic heterocycles. The molecule has 0 aliphatic rings. The van der Waals surface area contributed by atoms with Gasteiger partial charge < -0.3 is 4.74 Å². The van der Waals surface area contributed by atoms with Crippen LogP contribution in [0.2, 0.25) is 0 Å². The third kappa shape index (κ3) is 6.62. The first-order chi connectivity index (χ1) is 10.8. The molecule has 1 rings (SSSR count). The highest BCUT2D eigenvalue weighted by molar-refractivity contribution is 5.75. The number of nitrogens with zero attached hydrogens (tertiary/aromatic N) is 1. The van der Waals surface area contributed by atoms with Crippen LogP contribution in [-0.4, -0.2) is 17.3 Å². The summed E-state index contributed by atoms with van der Waals surface area (Å²) in [5.41, 5.74) is 1.13. The van der Waals surface area contributed by atoms with Gasteiger partial charge in [-0.25, -0.2) is 0 Å². The minimum Gasteiger partial charge on any atom is -0.373 e. The molecule has 124 valence electrons. The molecule has 0 spiro atoms. The van der Waals surface area contributed by atoms with Crippen molar-refractivity contribution in [2.45, 2.75) is 46.6 Å². The third-order valence-electron chi connectivity index (χ3n) is 3.18. The summed E-state index contributed by atoms with van der Waals surface area (Å²) >= 11 is 0. The van der Waals surface area contributed by atoms with E-state index >= 15 is 0 Å². The zero-order valence-corrected chi connectivity index (χ0v) is 14.1. The number of hydrogen-bond donors (Lipinski definition) is 0. The Labute approximate surface area is 137 Å². The minimum atomic E-state index is -0.411. The largest absolute Gasteiger partial charge is 0.373 e. The highest BCUT2D eigenvalue weighted by Gasteiger charge is 2.20. The standard InChI is InChI=1S/C18H23NO4/c1-13(2)12-23-15(4)17-10-9-16(11-18(17)19(21)22)8-6-5-7-14(3)20/h9-11,13,15H,5,7,12H2,1-4H3. The van der Waals surface area contributed by atoms with Crippen molar-refractivity contribution in [1.82, 2.24) is 0 Å². The van der Waals surface area contributed by atoms with Crippen molar-refractivity contribution >= 4 is 11.5 Å². The van der Waals surface area contributed by atoms with Crippen LogP contribution in [0.3, 0.4) is 0 Å². The Balaban J connectivity index is 2.93. The van der Waals surface area contributed by atoms with Crippen LogP contribution in [-0.2, 0) is 9.53 Å². The molecule has 0 bridgehead atoms. The van der Waals surface area contributed by atoms with Gasteiger partial charge in [-0.2, -0.15) is 0 Å². The summed E-state index contributed by atoms with van der Waals surface area (Å²) < 4.78 is 5.67. The van der Waals surface area contributed by atoms with Crippen molar-refractivity contribution in [3.8, 4) is 11.8 Å². The molecule has 23 heavy (non-hydrogen) atoms. The van der Waals surface area contributed by atoms with Crippen LogP contribution < -0.4 is 0 Å². The smallest absolute Gasteiger partial charge is 0.276 e. The molecule has 0 heterocycles. The van der Waals surface area contributed by atoms with Gasteiger partial charge in [-0.3, -0.25) is 14.9 Å². The lowest BCUT2D eigenvalue weighted by Crippen LogP contribution is -2.08. The molecule has 0 saturated carbocycles. The Morgan fingerprint density at radius 3 is 2.61 bits per heavy atom. The zero-order valence-electron chi connectivity index (χ0n) is 14.1. The normalized spacial score (nSPS) is 11.7. The number of carbonyl (C=O) groups is 1. The van der Waals surface area contributed by atoms with Crippen molar-refractivity contribution in [1.29, 1.82) is 0 Å². The molecular formula is C18H23NO4. The topological polar surface area (TPSA) is 69.4 Å². The van der Waals surface area contributed by atoms with E-state index in [9.17, 15) is 14.9 Å². The quantitative estimate of drug-likeness (QED) is 0.432. The summed E-state index contributed by atoms with van der Waals surface area (Å²) in [6.07, 6.45) is 0.504. The predicted molar refractivity (Wildman–Crippen MR) is 89.1 cm³/mol. The van der Waals surface area contributed by atoms with E-state index in [-0.39, 0.29) is 17.6 Å². The fourth-order valence-corrected chi connectivity index (χ4v) is 1.95. The Morgan fingerprint density at radius 1 is 1.35 bits per heavy atom. The van der Waals surface area contributed by atoms with E-state index in [1.807, 2.05) is 20.8 Å². The van der Waals surface area contributed by atoms with Gasteiger partial charge in [-0.05, 0) is 31.9 Å². The first kappa shape index (κ1) is 18.9. The Bertz CT molecular complexity index is 626. The van der Waals surface area contributed by atoms with Crippen LogP contribution in [0, 0.1) is 27.9 Å². The molecule has 1 aromatic carbocycles. The first-order valence-corrected chi connectivity index (χ1v) is 7.69. The van der Waals surface area contributed by atoms with Gasteiger partial charge in [0.2, 0.25) is 0 Å². The number of carbonyl (C=O) groups excluding carboxylic acids is 1. The molecule has 0 aliphatic carbocycles. The van der Waals surface area contributed by atoms with Gasteiger partial charge in [0.05, 0.1) is 16.6 Å². The van der Waals surface area contributed by atoms with Gasteiger partial charge in [0.25, 0.3) is 5.69 Å². The molecule has 0 amide bonds. The molecule has 1 atom stereocenters. The monoisotopic (exact) mass is 317 g/mol. The van der Waals surface area contributed by atoms with Crippen LogP contribution >= 0.6 is 0 Å². The summed E-state index contributed by atoms with van der Waals surface area (Å²) in [7, 11) is 0. The number of ketones is 1. The highest BCUT2D eigenvalue weighted by Crippen LogP contribution is 2.28. The van der Waals surface area contributed by atoms with Gasteiger partial charge in [0.1, 0.15) is 5.78 Å². The average molecular weight is 317 g/mol. The Kier molecular flexibility index (Phi) is 7.43. The zero-order chi connectivity index (χ0) is 17.4. The van der Waals surface area contributed by atoms with Gasteiger partial charge in [0, 0.05) is 31.1 Å². The third-order valence-corrected chi connectivity index (χ3v) is 3.18. The molecule has 0 aliphatic heterocycles. The highest BCUT2D eigenvalue weighted by atomic mass is 16.6. The predicted octanol–water partition coefficient (Wildman–Crippen LogP) is 4.05. The molecule has 0 saturated heterocycles. The summed E-state index contributed by atoms with van der Waals surface area (Å²) in [5.74, 6) is 6.17. The number of nitro benzene ring substituents is 1. The molecule has 0 radical (unpaired) electrons. The number of benzene rings is 1. The van der Waals surface area contributed by atoms with Crippen LogP contribution in [0.5, 0.6) is 0 Å². The molecule has 0 N–H and O–H groups in total. The van der Waals surface area contributed by atoms with Crippen LogP contribution in [0.15, 0.2) is 18.2 Å². The Morgan fingerprint density at radius 2 is 2.04 bits per heavy atom. The molecule has 1 unspecified atom stereocenters. The SMILES string of the molecule is CC(=O)CCC#Cc1ccc(C(C)OCC(C)C)c([N+](=O)[O-])c1. The van der Waals surface area contributed by atoms with Crippen molar-refractivity contribution < 1.29 is 14.5 Å². The van der Waals surface area contributed by atoms with E-state index in [2.05, 4.69) is 11.8 Å². The van der Waals surface area contributed by atoms with E-state index in [0.29, 0.717) is 36.5 Å². The van der Waals surface area contributed by atoms with Crippen molar-refractivity contribution in [2.75, 3.05) is 6.61 Å². The van der Waals surface area contributed by atoms with E-state index in [1.165, 1.54) is 13.0 Å². The van der Waals surface area contributed by atoms with E-state index in [4.69, 9.17) is 4.74 Å². The summed E-state index contributed by atoms with van der Waals surface area (Å²) in [5, 5.41) is 11.3. The lowest BCUT2D eigenvalue weighted by Gasteiger charge is -2.15.